The quantitative estimate of drug-likeness (QED) is 0.548. The SMILES string of the molecule is O=C(Cl)CCC(=O)c1ccccc1. The molecular formula is C10H9ClO2. The lowest BCUT2D eigenvalue weighted by atomic mass is 10.1. The molecule has 0 spiro atoms. The Kier molecular flexibility index (Phi) is 3.65. The van der Waals surface area contributed by atoms with Crippen LogP contribution in [0.4, 0.5) is 0 Å². The van der Waals surface area contributed by atoms with Gasteiger partial charge < -0.3 is 0 Å². The number of halogens is 1. The maximum absolute atomic E-state index is 11.3. The van der Waals surface area contributed by atoms with Gasteiger partial charge in [-0.25, -0.2) is 0 Å². The van der Waals surface area contributed by atoms with Gasteiger partial charge in [0.05, 0.1) is 0 Å². The first-order valence-electron chi connectivity index (χ1n) is 3.97. The molecule has 0 saturated carbocycles. The standard InChI is InChI=1S/C10H9ClO2/c11-10(13)7-6-9(12)8-4-2-1-3-5-8/h1-5H,6-7H2. The number of hydrogen-bond acceptors (Lipinski definition) is 2. The summed E-state index contributed by atoms with van der Waals surface area (Å²) in [4.78, 5) is 21.7. The molecule has 0 aliphatic carbocycles. The molecule has 68 valence electrons. The minimum atomic E-state index is -0.468. The van der Waals surface area contributed by atoms with Crippen LogP contribution in [0.3, 0.4) is 0 Å². The Morgan fingerprint density at radius 3 is 2.23 bits per heavy atom. The summed E-state index contributed by atoms with van der Waals surface area (Å²) in [5.41, 5.74) is 0.625. The zero-order valence-corrected chi connectivity index (χ0v) is 7.75. The Morgan fingerprint density at radius 1 is 1.08 bits per heavy atom. The highest BCUT2D eigenvalue weighted by molar-refractivity contribution is 6.63. The monoisotopic (exact) mass is 196 g/mol. The van der Waals surface area contributed by atoms with Gasteiger partial charge in [-0.05, 0) is 11.6 Å². The molecule has 0 saturated heterocycles. The van der Waals surface area contributed by atoms with Gasteiger partial charge in [-0.2, -0.15) is 0 Å². The number of benzene rings is 1. The van der Waals surface area contributed by atoms with Crippen LogP contribution in [-0.4, -0.2) is 11.0 Å². The molecule has 13 heavy (non-hydrogen) atoms. The van der Waals surface area contributed by atoms with Crippen molar-refractivity contribution in [2.45, 2.75) is 12.8 Å². The van der Waals surface area contributed by atoms with E-state index < -0.39 is 5.24 Å². The second-order valence-electron chi connectivity index (χ2n) is 2.64. The molecule has 0 amide bonds. The highest BCUT2D eigenvalue weighted by atomic mass is 35.5. The molecule has 0 unspecified atom stereocenters. The molecule has 0 N–H and O–H groups in total. The second-order valence-corrected chi connectivity index (χ2v) is 3.07. The van der Waals surface area contributed by atoms with Crippen molar-refractivity contribution < 1.29 is 9.59 Å². The molecule has 0 heterocycles. The van der Waals surface area contributed by atoms with Gasteiger partial charge in [0, 0.05) is 18.4 Å². The van der Waals surface area contributed by atoms with E-state index in [9.17, 15) is 9.59 Å². The summed E-state index contributed by atoms with van der Waals surface area (Å²) in [6, 6.07) is 8.86. The van der Waals surface area contributed by atoms with Crippen molar-refractivity contribution in [2.24, 2.45) is 0 Å². The normalized spacial score (nSPS) is 9.62. The van der Waals surface area contributed by atoms with Crippen LogP contribution in [0.25, 0.3) is 0 Å². The highest BCUT2D eigenvalue weighted by Crippen LogP contribution is 2.05. The summed E-state index contributed by atoms with van der Waals surface area (Å²) in [5.74, 6) is -0.0467. The van der Waals surface area contributed by atoms with Crippen molar-refractivity contribution in [3.63, 3.8) is 0 Å². The van der Waals surface area contributed by atoms with Gasteiger partial charge in [-0.15, -0.1) is 0 Å². The summed E-state index contributed by atoms with van der Waals surface area (Å²) in [5, 5.41) is -0.468. The van der Waals surface area contributed by atoms with E-state index in [0.29, 0.717) is 5.56 Å². The Labute approximate surface area is 81.5 Å². The third kappa shape index (κ3) is 3.38. The van der Waals surface area contributed by atoms with Crippen LogP contribution in [0, 0.1) is 0 Å². The molecule has 0 aliphatic heterocycles. The van der Waals surface area contributed by atoms with Crippen molar-refractivity contribution >= 4 is 22.6 Å². The van der Waals surface area contributed by atoms with Gasteiger partial charge in [0.2, 0.25) is 5.24 Å². The topological polar surface area (TPSA) is 34.1 Å². The third-order valence-corrected chi connectivity index (χ3v) is 1.83. The van der Waals surface area contributed by atoms with E-state index in [1.807, 2.05) is 6.07 Å². The molecule has 0 aromatic heterocycles. The van der Waals surface area contributed by atoms with Crippen LogP contribution >= 0.6 is 11.6 Å². The Bertz CT molecular complexity index is 306. The lowest BCUT2D eigenvalue weighted by molar-refractivity contribution is -0.111. The lowest BCUT2D eigenvalue weighted by Gasteiger charge is -1.97. The van der Waals surface area contributed by atoms with E-state index in [-0.39, 0.29) is 18.6 Å². The molecular weight excluding hydrogens is 188 g/mol. The Hall–Kier alpha value is -1.15. The van der Waals surface area contributed by atoms with Gasteiger partial charge in [0.25, 0.3) is 0 Å². The molecule has 0 fully saturated rings. The zero-order chi connectivity index (χ0) is 9.68. The third-order valence-electron chi connectivity index (χ3n) is 1.64. The molecule has 3 heteroatoms. The van der Waals surface area contributed by atoms with Crippen molar-refractivity contribution in [2.75, 3.05) is 0 Å². The number of hydrogen-bond donors (Lipinski definition) is 0. The van der Waals surface area contributed by atoms with Gasteiger partial charge in [0.1, 0.15) is 0 Å². The number of rotatable bonds is 4. The summed E-state index contributed by atoms with van der Waals surface area (Å²) < 4.78 is 0. The van der Waals surface area contributed by atoms with Crippen LogP contribution in [-0.2, 0) is 4.79 Å². The molecule has 2 nitrogen and oxygen atoms in total. The summed E-state index contributed by atoms with van der Waals surface area (Å²) >= 11 is 5.12. The number of carbonyl (C=O) groups excluding carboxylic acids is 2. The number of carbonyl (C=O) groups is 2. The fourth-order valence-corrected chi connectivity index (χ4v) is 1.07. The van der Waals surface area contributed by atoms with E-state index in [1.165, 1.54) is 0 Å². The van der Waals surface area contributed by atoms with Crippen molar-refractivity contribution in [1.29, 1.82) is 0 Å². The van der Waals surface area contributed by atoms with Crippen molar-refractivity contribution in [3.05, 3.63) is 35.9 Å². The smallest absolute Gasteiger partial charge is 0.222 e. The predicted octanol–water partition coefficient (Wildman–Crippen LogP) is 2.41. The van der Waals surface area contributed by atoms with E-state index in [1.54, 1.807) is 24.3 Å². The number of Topliss-reactive ketones (excluding diaryl/α,β-unsaturated/α-hetero) is 1. The average molecular weight is 197 g/mol. The highest BCUT2D eigenvalue weighted by Gasteiger charge is 2.06. The second kappa shape index (κ2) is 4.77. The first-order chi connectivity index (χ1) is 6.20. The first kappa shape index (κ1) is 9.93. The fraction of sp³-hybridized carbons (Fsp3) is 0.200. The van der Waals surface area contributed by atoms with Crippen molar-refractivity contribution in [1.82, 2.24) is 0 Å². The predicted molar refractivity (Wildman–Crippen MR) is 50.9 cm³/mol. The van der Waals surface area contributed by atoms with Crippen molar-refractivity contribution in [3.8, 4) is 0 Å². The van der Waals surface area contributed by atoms with Crippen LogP contribution < -0.4 is 0 Å². The van der Waals surface area contributed by atoms with Gasteiger partial charge in [0.15, 0.2) is 5.78 Å². The Balaban J connectivity index is 2.54. The van der Waals surface area contributed by atoms with Crippen LogP contribution in [0.1, 0.15) is 23.2 Å². The zero-order valence-electron chi connectivity index (χ0n) is 7.00. The summed E-state index contributed by atoms with van der Waals surface area (Å²) in [7, 11) is 0. The molecule has 0 radical (unpaired) electrons. The molecule has 1 aromatic carbocycles. The van der Waals surface area contributed by atoms with E-state index in [2.05, 4.69) is 0 Å². The number of ketones is 1. The van der Waals surface area contributed by atoms with Crippen LogP contribution in [0.15, 0.2) is 30.3 Å². The minimum absolute atomic E-state index is 0.0467. The minimum Gasteiger partial charge on any atom is -0.294 e. The first-order valence-corrected chi connectivity index (χ1v) is 4.34. The van der Waals surface area contributed by atoms with Gasteiger partial charge >= 0.3 is 0 Å². The lowest BCUT2D eigenvalue weighted by Crippen LogP contribution is -2.00. The summed E-state index contributed by atoms with van der Waals surface area (Å²) in [6.45, 7) is 0. The molecule has 1 aromatic rings. The van der Waals surface area contributed by atoms with Crippen LogP contribution in [0.5, 0.6) is 0 Å². The fourth-order valence-electron chi connectivity index (χ4n) is 0.980. The maximum Gasteiger partial charge on any atom is 0.222 e. The van der Waals surface area contributed by atoms with Gasteiger partial charge in [-0.1, -0.05) is 30.3 Å². The van der Waals surface area contributed by atoms with E-state index in [4.69, 9.17) is 11.6 Å². The average Bonchev–Trinajstić information content (AvgIpc) is 2.15. The maximum atomic E-state index is 11.3. The molecule has 0 bridgehead atoms. The Morgan fingerprint density at radius 2 is 1.69 bits per heavy atom. The van der Waals surface area contributed by atoms with E-state index in [0.717, 1.165) is 0 Å². The molecule has 0 atom stereocenters. The van der Waals surface area contributed by atoms with E-state index >= 15 is 0 Å². The largest absolute Gasteiger partial charge is 0.294 e. The van der Waals surface area contributed by atoms with Gasteiger partial charge in [-0.3, -0.25) is 9.59 Å². The summed E-state index contributed by atoms with van der Waals surface area (Å²) in [6.07, 6.45) is 0.293. The molecule has 1 rings (SSSR count). The molecule has 0 aliphatic rings. The van der Waals surface area contributed by atoms with Crippen LogP contribution in [0.2, 0.25) is 0 Å².